The first kappa shape index (κ1) is 10.6. The third kappa shape index (κ3) is 2.03. The number of hydrogen-bond donors (Lipinski definition) is 0. The maximum absolute atomic E-state index is 11.3. The van der Waals surface area contributed by atoms with Crippen LogP contribution in [-0.2, 0) is 16.0 Å². The van der Waals surface area contributed by atoms with Gasteiger partial charge in [-0.25, -0.2) is 0 Å². The molecule has 2 rings (SSSR count). The molecule has 2 heterocycles. The summed E-state index contributed by atoms with van der Waals surface area (Å²) in [6.07, 6.45) is 2.01. The number of nitrogens with zero attached hydrogens (tertiary/aromatic N) is 3. The molecule has 0 spiro atoms. The van der Waals surface area contributed by atoms with E-state index in [4.69, 9.17) is 4.74 Å². The molecule has 0 radical (unpaired) electrons. The Balaban J connectivity index is 2.28. The van der Waals surface area contributed by atoms with Gasteiger partial charge in [0.15, 0.2) is 5.65 Å². The topological polar surface area (TPSA) is 56.5 Å². The molecule has 0 atom stereocenters. The number of aryl methyl sites for hydroxylation is 1. The smallest absolute Gasteiger partial charge is 0.313 e. The zero-order chi connectivity index (χ0) is 11.5. The van der Waals surface area contributed by atoms with Gasteiger partial charge in [-0.15, -0.1) is 10.2 Å². The van der Waals surface area contributed by atoms with Crippen molar-refractivity contribution < 1.29 is 9.53 Å². The zero-order valence-corrected chi connectivity index (χ0v) is 9.30. The molecule has 2 aromatic rings. The van der Waals surface area contributed by atoms with Crippen LogP contribution in [0.4, 0.5) is 0 Å². The molecule has 0 amide bonds. The van der Waals surface area contributed by atoms with Crippen LogP contribution in [0.5, 0.6) is 0 Å². The van der Waals surface area contributed by atoms with Crippen LogP contribution in [0.3, 0.4) is 0 Å². The van der Waals surface area contributed by atoms with E-state index in [2.05, 4.69) is 10.2 Å². The molecule has 16 heavy (non-hydrogen) atoms. The van der Waals surface area contributed by atoms with Gasteiger partial charge in [0.05, 0.1) is 6.61 Å². The normalized spacial score (nSPS) is 10.6. The van der Waals surface area contributed by atoms with E-state index < -0.39 is 0 Å². The van der Waals surface area contributed by atoms with Gasteiger partial charge < -0.3 is 4.74 Å². The fourth-order valence-corrected chi connectivity index (χ4v) is 1.50. The van der Waals surface area contributed by atoms with E-state index in [1.807, 2.05) is 25.3 Å². The number of carbonyl (C=O) groups excluding carboxylic acids is 1. The fourth-order valence-electron chi connectivity index (χ4n) is 1.50. The van der Waals surface area contributed by atoms with E-state index in [-0.39, 0.29) is 12.4 Å². The highest BCUT2D eigenvalue weighted by Crippen LogP contribution is 2.07. The van der Waals surface area contributed by atoms with Crippen LogP contribution in [0, 0.1) is 6.92 Å². The second-order valence-electron chi connectivity index (χ2n) is 3.53. The molecule has 0 N–H and O–H groups in total. The lowest BCUT2D eigenvalue weighted by atomic mass is 10.3. The minimum absolute atomic E-state index is 0.151. The third-order valence-corrected chi connectivity index (χ3v) is 2.24. The summed E-state index contributed by atoms with van der Waals surface area (Å²) >= 11 is 0. The number of pyridine rings is 1. The number of aromatic nitrogens is 3. The molecule has 0 saturated heterocycles. The highest BCUT2D eigenvalue weighted by atomic mass is 16.5. The average molecular weight is 219 g/mol. The SMILES string of the molecule is CCOC(=O)Cc1nnc2cc(C)ccn12. The number of esters is 1. The summed E-state index contributed by atoms with van der Waals surface area (Å²) in [4.78, 5) is 11.3. The number of rotatable bonds is 3. The predicted octanol–water partition coefficient (Wildman–Crippen LogP) is 1.14. The molecule has 0 aliphatic carbocycles. The third-order valence-electron chi connectivity index (χ3n) is 2.24. The number of ether oxygens (including phenoxy) is 1. The minimum Gasteiger partial charge on any atom is -0.466 e. The van der Waals surface area contributed by atoms with Crippen molar-refractivity contribution in [1.82, 2.24) is 14.6 Å². The fraction of sp³-hybridized carbons (Fsp3) is 0.364. The molecule has 5 heteroatoms. The molecule has 0 unspecified atom stereocenters. The van der Waals surface area contributed by atoms with Crippen LogP contribution in [0.15, 0.2) is 18.3 Å². The Hall–Kier alpha value is -1.91. The Morgan fingerprint density at radius 2 is 2.31 bits per heavy atom. The van der Waals surface area contributed by atoms with Crippen molar-refractivity contribution in [3.63, 3.8) is 0 Å². The summed E-state index contributed by atoms with van der Waals surface area (Å²) in [6.45, 7) is 4.15. The quantitative estimate of drug-likeness (QED) is 0.726. The molecule has 84 valence electrons. The molecule has 0 saturated carbocycles. The van der Waals surface area contributed by atoms with Gasteiger partial charge in [0.1, 0.15) is 12.2 Å². The van der Waals surface area contributed by atoms with E-state index in [0.717, 1.165) is 11.2 Å². The number of hydrogen-bond acceptors (Lipinski definition) is 4. The molecule has 0 bridgehead atoms. The van der Waals surface area contributed by atoms with Gasteiger partial charge in [-0.2, -0.15) is 0 Å². The first-order chi connectivity index (χ1) is 7.70. The largest absolute Gasteiger partial charge is 0.466 e. The highest BCUT2D eigenvalue weighted by molar-refractivity contribution is 5.71. The first-order valence-corrected chi connectivity index (χ1v) is 5.16. The Morgan fingerprint density at radius 3 is 3.06 bits per heavy atom. The van der Waals surface area contributed by atoms with E-state index in [1.54, 1.807) is 11.3 Å². The van der Waals surface area contributed by atoms with Crippen molar-refractivity contribution in [2.75, 3.05) is 6.61 Å². The molecule has 0 aromatic carbocycles. The Bertz CT molecular complexity index is 519. The Labute approximate surface area is 93.1 Å². The summed E-state index contributed by atoms with van der Waals surface area (Å²) in [5.74, 6) is 0.325. The standard InChI is InChI=1S/C11H13N3O2/c1-3-16-11(15)7-10-13-12-9-6-8(2)4-5-14(9)10/h4-6H,3,7H2,1-2H3. The van der Waals surface area contributed by atoms with Crippen LogP contribution in [0.2, 0.25) is 0 Å². The average Bonchev–Trinajstić information content (AvgIpc) is 2.61. The van der Waals surface area contributed by atoms with Gasteiger partial charge >= 0.3 is 5.97 Å². The van der Waals surface area contributed by atoms with E-state index >= 15 is 0 Å². The van der Waals surface area contributed by atoms with Gasteiger partial charge in [-0.05, 0) is 31.5 Å². The maximum atomic E-state index is 11.3. The van der Waals surface area contributed by atoms with Crippen molar-refractivity contribution in [3.05, 3.63) is 29.7 Å². The molecular weight excluding hydrogens is 206 g/mol. The summed E-state index contributed by atoms with van der Waals surface area (Å²) in [5.41, 5.74) is 1.86. The summed E-state index contributed by atoms with van der Waals surface area (Å²) in [7, 11) is 0. The highest BCUT2D eigenvalue weighted by Gasteiger charge is 2.10. The first-order valence-electron chi connectivity index (χ1n) is 5.16. The second-order valence-corrected chi connectivity index (χ2v) is 3.53. The van der Waals surface area contributed by atoms with Gasteiger partial charge in [0, 0.05) is 6.20 Å². The van der Waals surface area contributed by atoms with Crippen LogP contribution in [-0.4, -0.2) is 27.2 Å². The zero-order valence-electron chi connectivity index (χ0n) is 9.30. The van der Waals surface area contributed by atoms with E-state index in [1.165, 1.54) is 0 Å². The van der Waals surface area contributed by atoms with Gasteiger partial charge in [0.2, 0.25) is 0 Å². The monoisotopic (exact) mass is 219 g/mol. The van der Waals surface area contributed by atoms with Crippen molar-refractivity contribution in [1.29, 1.82) is 0 Å². The number of carbonyl (C=O) groups is 1. The molecule has 0 fully saturated rings. The minimum atomic E-state index is -0.280. The molecule has 5 nitrogen and oxygen atoms in total. The van der Waals surface area contributed by atoms with Gasteiger partial charge in [-0.1, -0.05) is 0 Å². The van der Waals surface area contributed by atoms with Crippen LogP contribution in [0.25, 0.3) is 5.65 Å². The Kier molecular flexibility index (Phi) is 2.85. The van der Waals surface area contributed by atoms with Crippen molar-refractivity contribution in [2.45, 2.75) is 20.3 Å². The predicted molar refractivity (Wildman–Crippen MR) is 58.1 cm³/mol. The Morgan fingerprint density at radius 1 is 1.50 bits per heavy atom. The number of fused-ring (bicyclic) bond motifs is 1. The van der Waals surface area contributed by atoms with Crippen molar-refractivity contribution in [2.24, 2.45) is 0 Å². The summed E-state index contributed by atoms with van der Waals surface area (Å²) in [5, 5.41) is 7.97. The second kappa shape index (κ2) is 4.30. The maximum Gasteiger partial charge on any atom is 0.313 e. The van der Waals surface area contributed by atoms with Gasteiger partial charge in [-0.3, -0.25) is 9.20 Å². The van der Waals surface area contributed by atoms with Crippen molar-refractivity contribution in [3.8, 4) is 0 Å². The summed E-state index contributed by atoms with van der Waals surface area (Å²) < 4.78 is 6.66. The molecule has 0 aliphatic rings. The molecule has 2 aromatic heterocycles. The van der Waals surface area contributed by atoms with Crippen LogP contribution < -0.4 is 0 Å². The van der Waals surface area contributed by atoms with Crippen LogP contribution in [0.1, 0.15) is 18.3 Å². The van der Waals surface area contributed by atoms with Crippen LogP contribution >= 0.6 is 0 Å². The lowest BCUT2D eigenvalue weighted by molar-refractivity contribution is -0.142. The lowest BCUT2D eigenvalue weighted by Gasteiger charge is -2.00. The van der Waals surface area contributed by atoms with E-state index in [9.17, 15) is 4.79 Å². The lowest BCUT2D eigenvalue weighted by Crippen LogP contribution is -2.10. The van der Waals surface area contributed by atoms with Gasteiger partial charge in [0.25, 0.3) is 0 Å². The molecule has 0 aliphatic heterocycles. The molecular formula is C11H13N3O2. The van der Waals surface area contributed by atoms with E-state index in [0.29, 0.717) is 12.4 Å². The van der Waals surface area contributed by atoms with Crippen molar-refractivity contribution >= 4 is 11.6 Å². The summed E-state index contributed by atoms with van der Waals surface area (Å²) in [6, 6.07) is 3.87.